The second-order valence-corrected chi connectivity index (χ2v) is 2.55. The van der Waals surface area contributed by atoms with Gasteiger partial charge in [0.2, 0.25) is 5.91 Å². The highest BCUT2D eigenvalue weighted by atomic mass is 16.5. The number of nitrogens with one attached hydrogen (secondary N) is 1. The molecule has 78 valence electrons. The van der Waals surface area contributed by atoms with Gasteiger partial charge in [-0.05, 0) is 0 Å². The molecule has 1 atom stereocenters. The number of hydrogen-bond donors (Lipinski definition) is 4. The van der Waals surface area contributed by atoms with E-state index < -0.39 is 11.9 Å². The summed E-state index contributed by atoms with van der Waals surface area (Å²) >= 11 is 0. The van der Waals surface area contributed by atoms with Crippen LogP contribution in [-0.2, 0) is 9.53 Å². The van der Waals surface area contributed by atoms with Gasteiger partial charge < -0.3 is 26.6 Å². The zero-order chi connectivity index (χ0) is 10.1. The van der Waals surface area contributed by atoms with Crippen molar-refractivity contribution in [3.05, 3.63) is 0 Å². The van der Waals surface area contributed by atoms with E-state index in [1.807, 2.05) is 0 Å². The number of carbonyl (C=O) groups excluding carboxylic acids is 1. The third-order valence-corrected chi connectivity index (χ3v) is 1.39. The summed E-state index contributed by atoms with van der Waals surface area (Å²) < 4.78 is 4.96. The molecule has 0 aromatic heterocycles. The topological polar surface area (TPSA) is 111 Å². The van der Waals surface area contributed by atoms with Gasteiger partial charge in [0.25, 0.3) is 0 Å². The molecule has 0 saturated carbocycles. The first-order chi connectivity index (χ1) is 6.18. The molecular weight excluding hydrogens is 174 g/mol. The molecule has 0 bridgehead atoms. The van der Waals surface area contributed by atoms with Crippen LogP contribution in [0.1, 0.15) is 0 Å². The van der Waals surface area contributed by atoms with Crippen LogP contribution < -0.4 is 16.8 Å². The Morgan fingerprint density at radius 3 is 2.77 bits per heavy atom. The molecule has 0 heterocycles. The monoisotopic (exact) mass is 191 g/mol. The molecular formula is C7H17N3O3. The molecule has 0 aliphatic heterocycles. The Morgan fingerprint density at radius 1 is 1.54 bits per heavy atom. The first-order valence-electron chi connectivity index (χ1n) is 4.12. The van der Waals surface area contributed by atoms with E-state index >= 15 is 0 Å². The summed E-state index contributed by atoms with van der Waals surface area (Å²) in [4.78, 5) is 10.5. The molecule has 6 nitrogen and oxygen atoms in total. The summed E-state index contributed by atoms with van der Waals surface area (Å²) in [5.41, 5.74) is 10.3. The molecule has 0 spiro atoms. The Morgan fingerprint density at radius 2 is 2.23 bits per heavy atom. The largest absolute Gasteiger partial charge is 0.394 e. The predicted molar refractivity (Wildman–Crippen MR) is 47.9 cm³/mol. The normalized spacial score (nSPS) is 12.8. The summed E-state index contributed by atoms with van der Waals surface area (Å²) in [7, 11) is 0. The maximum atomic E-state index is 10.5. The van der Waals surface area contributed by atoms with E-state index in [4.69, 9.17) is 21.3 Å². The van der Waals surface area contributed by atoms with Crippen molar-refractivity contribution in [2.75, 3.05) is 32.9 Å². The van der Waals surface area contributed by atoms with Crippen LogP contribution >= 0.6 is 0 Å². The van der Waals surface area contributed by atoms with E-state index in [-0.39, 0.29) is 6.61 Å². The molecule has 0 aliphatic carbocycles. The number of aliphatic hydroxyl groups excluding tert-OH is 1. The van der Waals surface area contributed by atoms with Gasteiger partial charge in [-0.15, -0.1) is 0 Å². The van der Waals surface area contributed by atoms with Crippen molar-refractivity contribution in [3.63, 3.8) is 0 Å². The van der Waals surface area contributed by atoms with Gasteiger partial charge in [-0.1, -0.05) is 0 Å². The smallest absolute Gasteiger partial charge is 0.235 e. The van der Waals surface area contributed by atoms with Gasteiger partial charge >= 0.3 is 0 Å². The Bertz CT molecular complexity index is 143. The van der Waals surface area contributed by atoms with Gasteiger partial charge in [0.1, 0.15) is 0 Å². The average Bonchev–Trinajstić information content (AvgIpc) is 2.10. The van der Waals surface area contributed by atoms with Crippen LogP contribution in [0.5, 0.6) is 0 Å². The summed E-state index contributed by atoms with van der Waals surface area (Å²) in [5.74, 6) is -0.524. The fourth-order valence-electron chi connectivity index (χ4n) is 0.669. The minimum absolute atomic E-state index is 0.0147. The Kier molecular flexibility index (Phi) is 7.51. The Hall–Kier alpha value is -0.690. The van der Waals surface area contributed by atoms with Gasteiger partial charge in [-0.2, -0.15) is 0 Å². The first-order valence-corrected chi connectivity index (χ1v) is 4.12. The van der Waals surface area contributed by atoms with Crippen LogP contribution in [0.25, 0.3) is 0 Å². The number of ether oxygens (including phenoxy) is 1. The second-order valence-electron chi connectivity index (χ2n) is 2.55. The highest BCUT2D eigenvalue weighted by molar-refractivity contribution is 5.79. The second kappa shape index (κ2) is 7.93. The standard InChI is InChI=1S/C7H17N3O3/c8-6(7(9)12)5-10-1-3-13-4-2-11/h6,10-11H,1-5,8H2,(H2,9,12). The van der Waals surface area contributed by atoms with Crippen LogP contribution in [0.3, 0.4) is 0 Å². The van der Waals surface area contributed by atoms with Gasteiger partial charge in [0.15, 0.2) is 0 Å². The lowest BCUT2D eigenvalue weighted by Crippen LogP contribution is -2.44. The summed E-state index contributed by atoms with van der Waals surface area (Å²) in [6.45, 7) is 1.75. The van der Waals surface area contributed by atoms with Gasteiger partial charge in [-0.3, -0.25) is 4.79 Å². The van der Waals surface area contributed by atoms with E-state index in [2.05, 4.69) is 5.32 Å². The van der Waals surface area contributed by atoms with Gasteiger partial charge in [-0.25, -0.2) is 0 Å². The van der Waals surface area contributed by atoms with E-state index in [0.29, 0.717) is 26.3 Å². The fourth-order valence-corrected chi connectivity index (χ4v) is 0.669. The molecule has 6 heteroatoms. The number of hydrogen-bond acceptors (Lipinski definition) is 5. The highest BCUT2D eigenvalue weighted by Crippen LogP contribution is 1.74. The maximum Gasteiger partial charge on any atom is 0.235 e. The first kappa shape index (κ1) is 12.3. The molecule has 0 radical (unpaired) electrons. The summed E-state index contributed by atoms with van der Waals surface area (Å²) in [5, 5.41) is 11.3. The van der Waals surface area contributed by atoms with Crippen molar-refractivity contribution < 1.29 is 14.6 Å². The highest BCUT2D eigenvalue weighted by Gasteiger charge is 2.06. The van der Waals surface area contributed by atoms with Crippen molar-refractivity contribution >= 4 is 5.91 Å². The van der Waals surface area contributed by atoms with Crippen molar-refractivity contribution in [2.45, 2.75) is 6.04 Å². The number of carbonyl (C=O) groups is 1. The Labute approximate surface area is 77.2 Å². The van der Waals surface area contributed by atoms with Crippen molar-refractivity contribution in [3.8, 4) is 0 Å². The van der Waals surface area contributed by atoms with Crippen molar-refractivity contribution in [2.24, 2.45) is 11.5 Å². The molecule has 1 amide bonds. The van der Waals surface area contributed by atoms with E-state index in [0.717, 1.165) is 0 Å². The molecule has 6 N–H and O–H groups in total. The lowest BCUT2D eigenvalue weighted by Gasteiger charge is -2.08. The predicted octanol–water partition coefficient (Wildman–Crippen LogP) is -2.60. The van der Waals surface area contributed by atoms with E-state index in [9.17, 15) is 4.79 Å². The van der Waals surface area contributed by atoms with Crippen LogP contribution in [0.15, 0.2) is 0 Å². The van der Waals surface area contributed by atoms with E-state index in [1.54, 1.807) is 0 Å². The maximum absolute atomic E-state index is 10.5. The average molecular weight is 191 g/mol. The fraction of sp³-hybridized carbons (Fsp3) is 0.857. The number of amides is 1. The zero-order valence-corrected chi connectivity index (χ0v) is 7.53. The third-order valence-electron chi connectivity index (χ3n) is 1.39. The van der Waals surface area contributed by atoms with Gasteiger partial charge in [0.05, 0.1) is 25.9 Å². The quantitative estimate of drug-likeness (QED) is 0.314. The molecule has 0 saturated heterocycles. The molecule has 0 fully saturated rings. The molecule has 0 aromatic carbocycles. The van der Waals surface area contributed by atoms with Crippen LogP contribution in [0, 0.1) is 0 Å². The number of nitrogens with two attached hydrogens (primary N) is 2. The molecule has 0 aromatic rings. The number of rotatable bonds is 8. The number of aliphatic hydroxyl groups is 1. The summed E-state index contributed by atoms with van der Waals surface area (Å²) in [6.07, 6.45) is 0. The van der Waals surface area contributed by atoms with Crippen molar-refractivity contribution in [1.82, 2.24) is 5.32 Å². The van der Waals surface area contributed by atoms with Crippen LogP contribution in [-0.4, -0.2) is 50.0 Å². The minimum atomic E-state index is -0.655. The lowest BCUT2D eigenvalue weighted by molar-refractivity contribution is -0.119. The van der Waals surface area contributed by atoms with Crippen LogP contribution in [0.4, 0.5) is 0 Å². The molecule has 13 heavy (non-hydrogen) atoms. The summed E-state index contributed by atoms with van der Waals surface area (Å²) in [6, 6.07) is -0.655. The SMILES string of the molecule is NC(=O)C(N)CNCCOCCO. The number of primary amides is 1. The zero-order valence-electron chi connectivity index (χ0n) is 7.53. The Balaban J connectivity index is 3.11. The lowest BCUT2D eigenvalue weighted by atomic mass is 10.3. The minimum Gasteiger partial charge on any atom is -0.394 e. The van der Waals surface area contributed by atoms with E-state index in [1.165, 1.54) is 0 Å². The molecule has 0 rings (SSSR count). The van der Waals surface area contributed by atoms with Crippen LogP contribution in [0.2, 0.25) is 0 Å². The van der Waals surface area contributed by atoms with Gasteiger partial charge in [0, 0.05) is 13.1 Å². The molecule has 0 aliphatic rings. The third kappa shape index (κ3) is 7.66. The molecule has 1 unspecified atom stereocenters. The van der Waals surface area contributed by atoms with Crippen molar-refractivity contribution in [1.29, 1.82) is 0 Å².